The Balaban J connectivity index is 0.00000192. The van der Waals surface area contributed by atoms with Gasteiger partial charge >= 0.3 is 0 Å². The van der Waals surface area contributed by atoms with E-state index in [1.54, 1.807) is 7.11 Å². The van der Waals surface area contributed by atoms with Crippen LogP contribution in [0.5, 0.6) is 5.75 Å². The summed E-state index contributed by atoms with van der Waals surface area (Å²) >= 11 is 0. The second-order valence-electron chi connectivity index (χ2n) is 6.50. The molecule has 3 rings (SSSR count). The summed E-state index contributed by atoms with van der Waals surface area (Å²) in [5, 5.41) is 3.52. The second kappa shape index (κ2) is 9.36. The van der Waals surface area contributed by atoms with E-state index in [2.05, 4.69) is 33.3 Å². The Morgan fingerprint density at radius 1 is 1.17 bits per heavy atom. The van der Waals surface area contributed by atoms with Gasteiger partial charge in [-0.2, -0.15) is 0 Å². The van der Waals surface area contributed by atoms with Gasteiger partial charge in [0.2, 0.25) is 0 Å². The molecule has 0 radical (unpaired) electrons. The van der Waals surface area contributed by atoms with E-state index in [1.165, 1.54) is 44.6 Å². The molecule has 2 aliphatic rings. The molecule has 5 heteroatoms. The first-order chi connectivity index (χ1) is 10.9. The Kier molecular flexibility index (Phi) is 7.47. The zero-order valence-electron chi connectivity index (χ0n) is 14.2. The monoisotopic (exact) mass is 339 g/mol. The fourth-order valence-electron chi connectivity index (χ4n) is 3.64. The average molecular weight is 340 g/mol. The molecule has 0 saturated carbocycles. The van der Waals surface area contributed by atoms with Crippen molar-refractivity contribution in [3.8, 4) is 5.75 Å². The number of piperidine rings is 1. The molecule has 0 bridgehead atoms. The topological polar surface area (TPSA) is 27.7 Å². The van der Waals surface area contributed by atoms with Crippen LogP contribution in [0.3, 0.4) is 0 Å². The number of halogens is 1. The quantitative estimate of drug-likeness (QED) is 0.892. The van der Waals surface area contributed by atoms with Crippen LogP contribution in [0.15, 0.2) is 24.3 Å². The van der Waals surface area contributed by atoms with E-state index in [0.29, 0.717) is 0 Å². The average Bonchev–Trinajstić information content (AvgIpc) is 2.61. The number of para-hydroxylation sites is 2. The van der Waals surface area contributed by atoms with Gasteiger partial charge in [0.05, 0.1) is 12.8 Å². The van der Waals surface area contributed by atoms with E-state index >= 15 is 0 Å². The van der Waals surface area contributed by atoms with Gasteiger partial charge in [-0.1, -0.05) is 12.1 Å². The van der Waals surface area contributed by atoms with Crippen molar-refractivity contribution in [2.45, 2.75) is 19.3 Å². The summed E-state index contributed by atoms with van der Waals surface area (Å²) in [6.45, 7) is 8.23. The summed E-state index contributed by atoms with van der Waals surface area (Å²) < 4.78 is 5.49. The van der Waals surface area contributed by atoms with Crippen molar-refractivity contribution in [1.82, 2.24) is 10.2 Å². The van der Waals surface area contributed by atoms with Crippen LogP contribution in [-0.4, -0.2) is 57.8 Å². The van der Waals surface area contributed by atoms with Crippen LogP contribution in [0, 0.1) is 5.92 Å². The first-order valence-electron chi connectivity index (χ1n) is 8.68. The molecule has 1 aromatic rings. The number of nitrogens with zero attached hydrogens (tertiary/aromatic N) is 2. The lowest BCUT2D eigenvalue weighted by Gasteiger charge is -2.37. The number of ether oxygens (including phenoxy) is 1. The standard InChI is InChI=1S/C18H29N3O.ClH/c1-22-18-7-3-2-6-17(18)21-13-11-20(12-14-21)10-8-16-5-4-9-19-15-16;/h2-3,6-7,16,19H,4-5,8-15H2,1H3;1H. The predicted octanol–water partition coefficient (Wildman–Crippen LogP) is 2.63. The molecule has 2 fully saturated rings. The molecule has 0 spiro atoms. The fraction of sp³-hybridized carbons (Fsp3) is 0.667. The third-order valence-electron chi connectivity index (χ3n) is 5.05. The van der Waals surface area contributed by atoms with Crippen molar-refractivity contribution in [1.29, 1.82) is 0 Å². The van der Waals surface area contributed by atoms with Crippen molar-refractivity contribution in [2.75, 3.05) is 57.8 Å². The molecule has 4 nitrogen and oxygen atoms in total. The zero-order valence-corrected chi connectivity index (χ0v) is 15.0. The molecule has 2 aliphatic heterocycles. The van der Waals surface area contributed by atoms with E-state index in [4.69, 9.17) is 4.74 Å². The molecule has 0 aliphatic carbocycles. The number of nitrogens with one attached hydrogen (secondary N) is 1. The van der Waals surface area contributed by atoms with E-state index in [-0.39, 0.29) is 12.4 Å². The van der Waals surface area contributed by atoms with E-state index in [0.717, 1.165) is 37.8 Å². The van der Waals surface area contributed by atoms with Gasteiger partial charge in [0, 0.05) is 26.2 Å². The summed E-state index contributed by atoms with van der Waals surface area (Å²) in [6, 6.07) is 8.36. The minimum atomic E-state index is 0. The first-order valence-corrected chi connectivity index (χ1v) is 8.68. The maximum absolute atomic E-state index is 5.49. The number of anilines is 1. The maximum Gasteiger partial charge on any atom is 0.142 e. The molecular formula is C18H30ClN3O. The Bertz CT molecular complexity index is 457. The number of methoxy groups -OCH3 is 1. The van der Waals surface area contributed by atoms with Gasteiger partial charge in [-0.15, -0.1) is 12.4 Å². The molecule has 0 amide bonds. The van der Waals surface area contributed by atoms with Crippen molar-refractivity contribution < 1.29 is 4.74 Å². The van der Waals surface area contributed by atoms with Crippen molar-refractivity contribution in [3.05, 3.63) is 24.3 Å². The molecule has 1 N–H and O–H groups in total. The van der Waals surface area contributed by atoms with Crippen molar-refractivity contribution in [2.24, 2.45) is 5.92 Å². The third kappa shape index (κ3) is 5.00. The summed E-state index contributed by atoms with van der Waals surface area (Å²) in [6.07, 6.45) is 4.11. The zero-order chi connectivity index (χ0) is 15.2. The van der Waals surface area contributed by atoms with Gasteiger partial charge in [0.25, 0.3) is 0 Å². The summed E-state index contributed by atoms with van der Waals surface area (Å²) in [4.78, 5) is 5.08. The summed E-state index contributed by atoms with van der Waals surface area (Å²) in [7, 11) is 1.76. The number of piperazine rings is 1. The minimum absolute atomic E-state index is 0. The largest absolute Gasteiger partial charge is 0.495 e. The summed E-state index contributed by atoms with van der Waals surface area (Å²) in [5.74, 6) is 1.88. The van der Waals surface area contributed by atoms with Crippen LogP contribution < -0.4 is 15.0 Å². The third-order valence-corrected chi connectivity index (χ3v) is 5.05. The summed E-state index contributed by atoms with van der Waals surface area (Å²) in [5.41, 5.74) is 1.24. The molecule has 1 unspecified atom stereocenters. The molecule has 23 heavy (non-hydrogen) atoms. The Morgan fingerprint density at radius 3 is 2.65 bits per heavy atom. The van der Waals surface area contributed by atoms with Gasteiger partial charge < -0.3 is 15.0 Å². The van der Waals surface area contributed by atoms with Gasteiger partial charge in [-0.3, -0.25) is 4.90 Å². The molecule has 1 aromatic carbocycles. The SMILES string of the molecule is COc1ccccc1N1CCN(CCC2CCCNC2)CC1.Cl. The smallest absolute Gasteiger partial charge is 0.142 e. The lowest BCUT2D eigenvalue weighted by atomic mass is 9.96. The maximum atomic E-state index is 5.49. The number of rotatable bonds is 5. The molecular weight excluding hydrogens is 310 g/mol. The van der Waals surface area contributed by atoms with Crippen molar-refractivity contribution >= 4 is 18.1 Å². The molecule has 1 atom stereocenters. The van der Waals surface area contributed by atoms with E-state index < -0.39 is 0 Å². The molecule has 2 heterocycles. The van der Waals surface area contributed by atoms with Gasteiger partial charge in [-0.25, -0.2) is 0 Å². The minimum Gasteiger partial charge on any atom is -0.495 e. The second-order valence-corrected chi connectivity index (χ2v) is 6.50. The lowest BCUT2D eigenvalue weighted by molar-refractivity contribution is 0.225. The fourth-order valence-corrected chi connectivity index (χ4v) is 3.64. The van der Waals surface area contributed by atoms with E-state index in [1.807, 2.05) is 6.07 Å². The number of hydrogen-bond donors (Lipinski definition) is 1. The number of hydrogen-bond acceptors (Lipinski definition) is 4. The number of benzene rings is 1. The Hall–Kier alpha value is -0.970. The lowest BCUT2D eigenvalue weighted by Crippen LogP contribution is -2.47. The van der Waals surface area contributed by atoms with Crippen LogP contribution in [0.4, 0.5) is 5.69 Å². The van der Waals surface area contributed by atoms with Crippen LogP contribution in [0.25, 0.3) is 0 Å². The van der Waals surface area contributed by atoms with Crippen LogP contribution in [0.1, 0.15) is 19.3 Å². The van der Waals surface area contributed by atoms with Crippen LogP contribution >= 0.6 is 12.4 Å². The highest BCUT2D eigenvalue weighted by Crippen LogP contribution is 2.28. The van der Waals surface area contributed by atoms with Crippen LogP contribution in [0.2, 0.25) is 0 Å². The molecule has 0 aromatic heterocycles. The first kappa shape index (κ1) is 18.4. The van der Waals surface area contributed by atoms with Crippen molar-refractivity contribution in [3.63, 3.8) is 0 Å². The highest BCUT2D eigenvalue weighted by atomic mass is 35.5. The highest BCUT2D eigenvalue weighted by molar-refractivity contribution is 5.85. The highest BCUT2D eigenvalue weighted by Gasteiger charge is 2.20. The van der Waals surface area contributed by atoms with Gasteiger partial charge in [0.1, 0.15) is 5.75 Å². The normalized spacial score (nSPS) is 22.5. The van der Waals surface area contributed by atoms with Gasteiger partial charge in [0.15, 0.2) is 0 Å². The van der Waals surface area contributed by atoms with Crippen LogP contribution in [-0.2, 0) is 0 Å². The molecule has 2 saturated heterocycles. The Labute approximate surface area is 146 Å². The van der Waals surface area contributed by atoms with E-state index in [9.17, 15) is 0 Å². The predicted molar refractivity (Wildman–Crippen MR) is 99.1 cm³/mol. The molecule has 130 valence electrons. The van der Waals surface area contributed by atoms with Gasteiger partial charge in [-0.05, 0) is 56.9 Å². The Morgan fingerprint density at radius 2 is 1.96 bits per heavy atom.